The first-order valence-corrected chi connectivity index (χ1v) is 12.9. The average Bonchev–Trinajstić information content (AvgIpc) is 3.26. The zero-order chi connectivity index (χ0) is 24.1. The molecule has 1 aliphatic heterocycles. The summed E-state index contributed by atoms with van der Waals surface area (Å²) >= 11 is 7.60. The van der Waals surface area contributed by atoms with Crippen LogP contribution in [0.3, 0.4) is 0 Å². The molecule has 0 bridgehead atoms. The molecule has 1 N–H and O–H groups in total. The van der Waals surface area contributed by atoms with E-state index in [1.165, 1.54) is 4.88 Å². The Bertz CT molecular complexity index is 1120. The Morgan fingerprint density at radius 1 is 1.35 bits per heavy atom. The van der Waals surface area contributed by atoms with Crippen molar-refractivity contribution in [2.24, 2.45) is 11.8 Å². The van der Waals surface area contributed by atoms with E-state index in [2.05, 4.69) is 16.0 Å². The van der Waals surface area contributed by atoms with Crippen molar-refractivity contribution >= 4 is 39.8 Å². The Morgan fingerprint density at radius 2 is 2.21 bits per heavy atom. The highest BCUT2D eigenvalue weighted by molar-refractivity contribution is 7.16. The number of pyridine rings is 1. The van der Waals surface area contributed by atoms with E-state index in [9.17, 15) is 9.90 Å². The number of halogens is 2. The highest BCUT2D eigenvalue weighted by atomic mass is 35.5. The molecular formula is C26H30ClFN2O3S. The number of thiophene rings is 1. The normalized spacial score (nSPS) is 19.9. The van der Waals surface area contributed by atoms with Gasteiger partial charge >= 0.3 is 5.97 Å². The van der Waals surface area contributed by atoms with E-state index in [4.69, 9.17) is 16.3 Å². The predicted octanol–water partition coefficient (Wildman–Crippen LogP) is 6.40. The van der Waals surface area contributed by atoms with Crippen molar-refractivity contribution in [3.05, 3.63) is 57.4 Å². The van der Waals surface area contributed by atoms with Crippen molar-refractivity contribution in [2.75, 3.05) is 26.7 Å². The number of aryl methyl sites for hydroxylation is 1. The highest BCUT2D eigenvalue weighted by Gasteiger charge is 2.34. The molecule has 34 heavy (non-hydrogen) atoms. The minimum atomic E-state index is -1.18. The van der Waals surface area contributed by atoms with E-state index in [0.717, 1.165) is 47.6 Å². The van der Waals surface area contributed by atoms with Gasteiger partial charge in [-0.05, 0) is 93.1 Å². The summed E-state index contributed by atoms with van der Waals surface area (Å²) in [6.07, 6.45) is 3.99. The SMILES string of the molecule is COc1ccc2nccc(C(F)CC[C@@H]3CCN(CCCc4ccc(Cl)s4)C[C@@H]3C(=O)O)c2c1. The molecule has 2 aromatic heterocycles. The molecule has 8 heteroatoms. The lowest BCUT2D eigenvalue weighted by molar-refractivity contribution is -0.146. The summed E-state index contributed by atoms with van der Waals surface area (Å²) < 4.78 is 21.4. The fraction of sp³-hybridized carbons (Fsp3) is 0.462. The third-order valence-corrected chi connectivity index (χ3v) is 8.09. The minimum Gasteiger partial charge on any atom is -0.497 e. The van der Waals surface area contributed by atoms with Crippen molar-refractivity contribution in [3.8, 4) is 5.75 Å². The van der Waals surface area contributed by atoms with Crippen LogP contribution >= 0.6 is 22.9 Å². The number of nitrogens with zero attached hydrogens (tertiary/aromatic N) is 2. The smallest absolute Gasteiger partial charge is 0.308 e. The summed E-state index contributed by atoms with van der Waals surface area (Å²) in [5.41, 5.74) is 1.31. The van der Waals surface area contributed by atoms with Gasteiger partial charge in [-0.3, -0.25) is 9.78 Å². The second kappa shape index (κ2) is 11.5. The number of carboxylic acids is 1. The van der Waals surface area contributed by atoms with Gasteiger partial charge in [0.05, 0.1) is 22.9 Å². The maximum atomic E-state index is 15.4. The first-order valence-electron chi connectivity index (χ1n) is 11.7. The number of rotatable bonds is 10. The number of ether oxygens (including phenoxy) is 1. The fourth-order valence-corrected chi connectivity index (χ4v) is 6.05. The molecule has 3 atom stereocenters. The van der Waals surface area contributed by atoms with Crippen LogP contribution in [0.2, 0.25) is 4.34 Å². The molecule has 1 unspecified atom stereocenters. The molecule has 182 valence electrons. The average molecular weight is 505 g/mol. The number of fused-ring (bicyclic) bond motifs is 1. The Kier molecular flexibility index (Phi) is 8.40. The Balaban J connectivity index is 1.33. The van der Waals surface area contributed by atoms with Gasteiger partial charge < -0.3 is 14.7 Å². The fourth-order valence-electron chi connectivity index (χ4n) is 4.92. The molecule has 0 aliphatic carbocycles. The number of hydrogen-bond donors (Lipinski definition) is 1. The molecular weight excluding hydrogens is 475 g/mol. The lowest BCUT2D eigenvalue weighted by Crippen LogP contribution is -2.44. The zero-order valence-corrected chi connectivity index (χ0v) is 20.8. The first-order chi connectivity index (χ1) is 16.4. The molecule has 1 saturated heterocycles. The van der Waals surface area contributed by atoms with Crippen molar-refractivity contribution in [1.29, 1.82) is 0 Å². The van der Waals surface area contributed by atoms with Crippen LogP contribution in [0.25, 0.3) is 10.9 Å². The number of likely N-dealkylation sites (tertiary alicyclic amines) is 1. The lowest BCUT2D eigenvalue weighted by atomic mass is 9.81. The number of benzene rings is 1. The van der Waals surface area contributed by atoms with Gasteiger partial charge in [0.15, 0.2) is 0 Å². The van der Waals surface area contributed by atoms with Crippen molar-refractivity contribution in [3.63, 3.8) is 0 Å². The van der Waals surface area contributed by atoms with Gasteiger partial charge in [-0.1, -0.05) is 11.6 Å². The summed E-state index contributed by atoms with van der Waals surface area (Å²) in [5, 5.41) is 10.6. The number of hydrogen-bond acceptors (Lipinski definition) is 5. The summed E-state index contributed by atoms with van der Waals surface area (Å²) in [6, 6.07) is 11.1. The molecule has 0 amide bonds. The van der Waals surface area contributed by atoms with E-state index in [0.29, 0.717) is 30.7 Å². The van der Waals surface area contributed by atoms with Crippen molar-refractivity contribution in [1.82, 2.24) is 9.88 Å². The van der Waals surface area contributed by atoms with E-state index in [1.807, 2.05) is 24.3 Å². The van der Waals surface area contributed by atoms with Gasteiger partial charge in [0, 0.05) is 23.0 Å². The molecule has 3 heterocycles. The monoisotopic (exact) mass is 504 g/mol. The third kappa shape index (κ3) is 6.06. The lowest BCUT2D eigenvalue weighted by Gasteiger charge is -2.36. The summed E-state index contributed by atoms with van der Waals surface area (Å²) in [5.74, 6) is -0.610. The Morgan fingerprint density at radius 3 is 2.94 bits per heavy atom. The number of piperidine rings is 1. The number of methoxy groups -OCH3 is 1. The van der Waals surface area contributed by atoms with E-state index >= 15 is 4.39 Å². The van der Waals surface area contributed by atoms with Crippen LogP contribution in [-0.2, 0) is 11.2 Å². The van der Waals surface area contributed by atoms with Crippen LogP contribution in [0.4, 0.5) is 4.39 Å². The minimum absolute atomic E-state index is 0.0225. The molecule has 1 aliphatic rings. The molecule has 1 fully saturated rings. The van der Waals surface area contributed by atoms with E-state index in [-0.39, 0.29) is 5.92 Å². The molecule has 0 saturated carbocycles. The second-order valence-electron chi connectivity index (χ2n) is 8.93. The maximum absolute atomic E-state index is 15.4. The van der Waals surface area contributed by atoms with Crippen LogP contribution in [0.5, 0.6) is 5.75 Å². The molecule has 1 aromatic carbocycles. The topological polar surface area (TPSA) is 62.7 Å². The van der Waals surface area contributed by atoms with Crippen LogP contribution in [0, 0.1) is 11.8 Å². The molecule has 3 aromatic rings. The summed E-state index contributed by atoms with van der Waals surface area (Å²) in [6.45, 7) is 2.24. The number of carboxylic acid groups (broad SMARTS) is 1. The second-order valence-corrected chi connectivity index (χ2v) is 10.7. The summed E-state index contributed by atoms with van der Waals surface area (Å²) in [7, 11) is 1.58. The quantitative estimate of drug-likeness (QED) is 0.346. The maximum Gasteiger partial charge on any atom is 0.308 e. The van der Waals surface area contributed by atoms with Crippen LogP contribution in [-0.4, -0.2) is 47.7 Å². The number of carbonyl (C=O) groups is 1. The van der Waals surface area contributed by atoms with Crippen molar-refractivity contribution < 1.29 is 19.0 Å². The molecule has 0 spiro atoms. The van der Waals surface area contributed by atoms with Gasteiger partial charge in [-0.2, -0.15) is 0 Å². The third-order valence-electron chi connectivity index (χ3n) is 6.79. The molecule has 5 nitrogen and oxygen atoms in total. The highest BCUT2D eigenvalue weighted by Crippen LogP contribution is 2.35. The molecule has 4 rings (SSSR count). The standard InChI is InChI=1S/C26H30ClFN2O3S/c1-33-18-5-8-24-21(15-18)20(10-12-29-24)23(28)7-4-17-11-14-30(16-22(17)26(31)32)13-2-3-19-6-9-25(27)34-19/h5-6,8-10,12,15,17,22-23H,2-4,7,11,13-14,16H2,1H3,(H,31,32)/t17-,22+,23?/m1/s1. The number of aromatic nitrogens is 1. The number of alkyl halides is 1. The first kappa shape index (κ1) is 24.9. The van der Waals surface area contributed by atoms with E-state index < -0.39 is 18.1 Å². The van der Waals surface area contributed by atoms with Crippen LogP contribution in [0.1, 0.15) is 42.3 Å². The van der Waals surface area contributed by atoms with Gasteiger partial charge in [-0.15, -0.1) is 11.3 Å². The van der Waals surface area contributed by atoms with Crippen LogP contribution in [0.15, 0.2) is 42.6 Å². The Hall–Kier alpha value is -2.22. The van der Waals surface area contributed by atoms with Gasteiger partial charge in [0.25, 0.3) is 0 Å². The largest absolute Gasteiger partial charge is 0.497 e. The van der Waals surface area contributed by atoms with Gasteiger partial charge in [-0.25, -0.2) is 4.39 Å². The van der Waals surface area contributed by atoms with Crippen molar-refractivity contribution in [2.45, 2.75) is 38.3 Å². The number of aliphatic carboxylic acids is 1. The van der Waals surface area contributed by atoms with Crippen LogP contribution < -0.4 is 4.74 Å². The molecule has 0 radical (unpaired) electrons. The Labute approximate surface area is 208 Å². The van der Waals surface area contributed by atoms with Gasteiger partial charge in [0.1, 0.15) is 11.9 Å². The zero-order valence-electron chi connectivity index (χ0n) is 19.3. The van der Waals surface area contributed by atoms with Gasteiger partial charge in [0.2, 0.25) is 0 Å². The summed E-state index contributed by atoms with van der Waals surface area (Å²) in [4.78, 5) is 19.8. The predicted molar refractivity (Wildman–Crippen MR) is 135 cm³/mol. The van der Waals surface area contributed by atoms with E-state index in [1.54, 1.807) is 30.7 Å².